The fourth-order valence-corrected chi connectivity index (χ4v) is 4.65. The normalized spacial score (nSPS) is 11.2. The summed E-state index contributed by atoms with van der Waals surface area (Å²) >= 11 is 0. The van der Waals surface area contributed by atoms with Gasteiger partial charge in [0.05, 0.1) is 0 Å². The molecule has 0 spiro atoms. The minimum absolute atomic E-state index is 0.181. The lowest BCUT2D eigenvalue weighted by Crippen LogP contribution is -2.22. The van der Waals surface area contributed by atoms with Crippen LogP contribution in [-0.2, 0) is 4.12 Å². The molecule has 4 rings (SSSR count). The second-order valence-corrected chi connectivity index (χ2v) is 7.47. The lowest BCUT2D eigenvalue weighted by molar-refractivity contribution is 0.677. The van der Waals surface area contributed by atoms with Crippen molar-refractivity contribution in [2.45, 2.75) is 0 Å². The van der Waals surface area contributed by atoms with Crippen LogP contribution in [0.5, 0.6) is 0 Å². The quantitative estimate of drug-likeness (QED) is 0.292. The Balaban J connectivity index is 2.23. The Hall–Kier alpha value is -2.47. The van der Waals surface area contributed by atoms with Crippen LogP contribution in [-0.4, -0.2) is 20.2 Å². The van der Waals surface area contributed by atoms with E-state index in [0.29, 0.717) is 0 Å². The van der Waals surface area contributed by atoms with Crippen molar-refractivity contribution in [1.29, 1.82) is 0 Å². The highest BCUT2D eigenvalue weighted by atomic mass is 28.3. The molecule has 0 aromatic heterocycles. The lowest BCUT2D eigenvalue weighted by atomic mass is 9.94. The van der Waals surface area contributed by atoms with Crippen molar-refractivity contribution in [2.75, 3.05) is 0 Å². The molecule has 0 bridgehead atoms. The van der Waals surface area contributed by atoms with Gasteiger partial charge in [0.15, 0.2) is 0 Å². The maximum atomic E-state index is 5.37. The highest BCUT2D eigenvalue weighted by Gasteiger charge is 2.14. The average molecular weight is 352 g/mol. The third kappa shape index (κ3) is 2.57. The fraction of sp³-hybridized carbons (Fsp3) is 0. The van der Waals surface area contributed by atoms with Gasteiger partial charge in [0.25, 0.3) is 9.76 Å². The van der Waals surface area contributed by atoms with Crippen LogP contribution in [0.2, 0.25) is 0 Å². The molecule has 0 saturated heterocycles. The van der Waals surface area contributed by atoms with Crippen LogP contribution >= 0.6 is 0 Å². The fourth-order valence-electron chi connectivity index (χ4n) is 3.50. The molecule has 1 nitrogen and oxygen atoms in total. The van der Waals surface area contributed by atoms with Gasteiger partial charge >= 0.3 is 0 Å². The summed E-state index contributed by atoms with van der Waals surface area (Å²) in [6, 6.07) is 19.5. The first-order valence-corrected chi connectivity index (χ1v) is 9.34. The molecule has 0 saturated carbocycles. The van der Waals surface area contributed by atoms with Crippen LogP contribution in [0.25, 0.3) is 44.5 Å². The van der Waals surface area contributed by atoms with Crippen LogP contribution in [0, 0.1) is 0 Å². The second kappa shape index (κ2) is 6.44. The molecule has 0 unspecified atom stereocenters. The SMILES string of the molecule is C=Cc1cc2ccc3cc4ccccc4cc3c2c([Si]O[Si])c1C=C. The monoisotopic (exact) mass is 351 g/mol. The predicted molar refractivity (Wildman–Crippen MR) is 111 cm³/mol. The molecule has 0 aliphatic carbocycles. The van der Waals surface area contributed by atoms with Gasteiger partial charge in [-0.2, -0.15) is 0 Å². The summed E-state index contributed by atoms with van der Waals surface area (Å²) in [5.74, 6) is 0. The molecule has 4 aromatic carbocycles. The maximum absolute atomic E-state index is 5.37. The van der Waals surface area contributed by atoms with E-state index in [1.54, 1.807) is 0 Å². The molecule has 117 valence electrons. The largest absolute Gasteiger partial charge is 0.454 e. The van der Waals surface area contributed by atoms with Gasteiger partial charge < -0.3 is 4.12 Å². The number of hydrogen-bond acceptors (Lipinski definition) is 1. The first-order chi connectivity index (χ1) is 12.3. The molecule has 0 heterocycles. The van der Waals surface area contributed by atoms with Crippen LogP contribution in [0.15, 0.2) is 67.8 Å². The summed E-state index contributed by atoms with van der Waals surface area (Å²) in [7, 11) is 3.37. The van der Waals surface area contributed by atoms with Gasteiger partial charge in [0, 0.05) is 0 Å². The molecule has 0 aliphatic rings. The first kappa shape index (κ1) is 16.0. The van der Waals surface area contributed by atoms with Crippen LogP contribution in [0.3, 0.4) is 0 Å². The summed E-state index contributed by atoms with van der Waals surface area (Å²) in [4.78, 5) is 0. The molecule has 0 amide bonds. The van der Waals surface area contributed by atoms with Crippen molar-refractivity contribution in [3.8, 4) is 0 Å². The minimum Gasteiger partial charge on any atom is -0.454 e. The molecule has 0 fully saturated rings. The first-order valence-electron chi connectivity index (χ1n) is 8.02. The van der Waals surface area contributed by atoms with Gasteiger partial charge in [-0.05, 0) is 66.8 Å². The van der Waals surface area contributed by atoms with Crippen molar-refractivity contribution in [3.63, 3.8) is 0 Å². The Morgan fingerprint density at radius 2 is 1.56 bits per heavy atom. The maximum Gasteiger partial charge on any atom is 0.257 e. The van der Waals surface area contributed by atoms with Gasteiger partial charge in [-0.1, -0.05) is 61.7 Å². The zero-order valence-electron chi connectivity index (χ0n) is 13.7. The summed E-state index contributed by atoms with van der Waals surface area (Å²) < 4.78 is 5.37. The predicted octanol–water partition coefficient (Wildman–Crippen LogP) is 4.78. The third-order valence-electron chi connectivity index (χ3n) is 4.64. The molecule has 25 heavy (non-hydrogen) atoms. The van der Waals surface area contributed by atoms with Crippen LogP contribution in [0.1, 0.15) is 11.1 Å². The standard InChI is InChI=1S/C22H15OSi2/c1-3-14-11-18-10-9-17-12-15-7-5-6-8-16(15)13-20(17)21(18)22(25-23-24)19(14)4-2/h3-13H,1-2H2. The Morgan fingerprint density at radius 1 is 0.840 bits per heavy atom. The Bertz CT molecular complexity index is 1150. The van der Waals surface area contributed by atoms with Crippen LogP contribution in [0.4, 0.5) is 0 Å². The highest BCUT2D eigenvalue weighted by molar-refractivity contribution is 6.57. The Kier molecular flexibility index (Phi) is 4.13. The number of rotatable bonds is 4. The molecular weight excluding hydrogens is 336 g/mol. The van der Waals surface area contributed by atoms with Gasteiger partial charge in [-0.15, -0.1) is 0 Å². The van der Waals surface area contributed by atoms with Crippen molar-refractivity contribution in [1.82, 2.24) is 0 Å². The van der Waals surface area contributed by atoms with E-state index in [-0.39, 0.29) is 9.76 Å². The van der Waals surface area contributed by atoms with E-state index in [4.69, 9.17) is 4.12 Å². The molecule has 5 radical (unpaired) electrons. The van der Waals surface area contributed by atoms with E-state index in [9.17, 15) is 0 Å². The summed E-state index contributed by atoms with van der Waals surface area (Å²) in [6.07, 6.45) is 3.77. The molecule has 0 N–H and O–H groups in total. The van der Waals surface area contributed by atoms with Gasteiger partial charge in [0.1, 0.15) is 0 Å². The minimum atomic E-state index is 0.181. The van der Waals surface area contributed by atoms with Gasteiger partial charge in [-0.3, -0.25) is 0 Å². The zero-order valence-corrected chi connectivity index (χ0v) is 15.7. The Labute approximate surface area is 153 Å². The van der Waals surface area contributed by atoms with Crippen molar-refractivity contribution in [2.24, 2.45) is 0 Å². The molecule has 3 heteroatoms. The number of benzene rings is 4. The molecule has 0 atom stereocenters. The highest BCUT2D eigenvalue weighted by Crippen LogP contribution is 2.30. The summed E-state index contributed by atoms with van der Waals surface area (Å²) in [6.45, 7) is 7.96. The summed E-state index contributed by atoms with van der Waals surface area (Å²) in [5, 5.41) is 8.52. The zero-order chi connectivity index (χ0) is 17.4. The van der Waals surface area contributed by atoms with Crippen molar-refractivity contribution < 1.29 is 4.12 Å². The molecule has 0 aliphatic heterocycles. The number of fused-ring (bicyclic) bond motifs is 4. The van der Waals surface area contributed by atoms with Gasteiger partial charge in [0.2, 0.25) is 10.5 Å². The van der Waals surface area contributed by atoms with E-state index < -0.39 is 0 Å². The smallest absolute Gasteiger partial charge is 0.257 e. The Morgan fingerprint density at radius 3 is 2.24 bits per heavy atom. The molecular formula is C22H15OSi2. The van der Waals surface area contributed by atoms with E-state index in [1.807, 2.05) is 12.2 Å². The van der Waals surface area contributed by atoms with E-state index in [1.165, 1.54) is 32.3 Å². The van der Waals surface area contributed by atoms with E-state index >= 15 is 0 Å². The second-order valence-electron chi connectivity index (χ2n) is 5.95. The third-order valence-corrected chi connectivity index (χ3v) is 5.77. The molecule has 4 aromatic rings. The van der Waals surface area contributed by atoms with Crippen molar-refractivity contribution >= 4 is 69.9 Å². The van der Waals surface area contributed by atoms with Crippen LogP contribution < -0.4 is 5.19 Å². The lowest BCUT2D eigenvalue weighted by Gasteiger charge is -2.15. The topological polar surface area (TPSA) is 9.23 Å². The van der Waals surface area contributed by atoms with E-state index in [0.717, 1.165) is 16.3 Å². The summed E-state index contributed by atoms with van der Waals surface area (Å²) in [5.41, 5.74) is 2.16. The number of hydrogen-bond donors (Lipinski definition) is 0. The van der Waals surface area contributed by atoms with Gasteiger partial charge in [-0.25, -0.2) is 0 Å². The average Bonchev–Trinajstić information content (AvgIpc) is 2.65. The van der Waals surface area contributed by atoms with Crippen molar-refractivity contribution in [3.05, 3.63) is 78.9 Å². The van der Waals surface area contributed by atoms with E-state index in [2.05, 4.69) is 78.2 Å².